The van der Waals surface area contributed by atoms with E-state index in [0.717, 1.165) is 31.1 Å². The molecule has 18 heavy (non-hydrogen) atoms. The van der Waals surface area contributed by atoms with Gasteiger partial charge in [0.1, 0.15) is 10.6 Å². The number of aromatic nitrogens is 1. The van der Waals surface area contributed by atoms with Crippen molar-refractivity contribution in [2.24, 2.45) is 5.92 Å². The number of methoxy groups -OCH3 is 2. The lowest BCUT2D eigenvalue weighted by Gasteiger charge is -2.17. The zero-order chi connectivity index (χ0) is 13.1. The molecule has 2 heterocycles. The van der Waals surface area contributed by atoms with Gasteiger partial charge in [-0.15, -0.1) is 0 Å². The Morgan fingerprint density at radius 1 is 1.61 bits per heavy atom. The molecule has 0 aromatic carbocycles. The Morgan fingerprint density at radius 3 is 3.06 bits per heavy atom. The molecule has 0 amide bonds. The number of hydrogen-bond acceptors (Lipinski definition) is 7. The second-order valence-electron chi connectivity index (χ2n) is 4.30. The first-order valence-corrected chi connectivity index (χ1v) is 6.52. The van der Waals surface area contributed by atoms with Crippen LogP contribution >= 0.6 is 11.5 Å². The van der Waals surface area contributed by atoms with Crippen LogP contribution in [0.2, 0.25) is 0 Å². The summed E-state index contributed by atoms with van der Waals surface area (Å²) in [7, 11) is 3.05. The summed E-state index contributed by atoms with van der Waals surface area (Å²) in [6.07, 6.45) is 1.05. The van der Waals surface area contributed by atoms with E-state index in [-0.39, 0.29) is 5.82 Å². The van der Waals surface area contributed by atoms with E-state index in [1.54, 1.807) is 7.11 Å². The van der Waals surface area contributed by atoms with Crippen molar-refractivity contribution in [3.63, 3.8) is 0 Å². The molecule has 1 fully saturated rings. The van der Waals surface area contributed by atoms with Gasteiger partial charge < -0.3 is 20.1 Å². The Bertz CT molecular complexity index is 435. The Kier molecular flexibility index (Phi) is 4.03. The van der Waals surface area contributed by atoms with Gasteiger partial charge in [0.2, 0.25) is 0 Å². The number of ether oxygens (including phenoxy) is 2. The van der Waals surface area contributed by atoms with Gasteiger partial charge in [0.15, 0.2) is 5.82 Å². The molecule has 1 atom stereocenters. The average Bonchev–Trinajstić information content (AvgIpc) is 2.95. The predicted octanol–water partition coefficient (Wildman–Crippen LogP) is 0.985. The Labute approximate surface area is 110 Å². The fraction of sp³-hybridized carbons (Fsp3) is 0.636. The van der Waals surface area contributed by atoms with Crippen LogP contribution in [0, 0.1) is 5.92 Å². The molecule has 1 aromatic rings. The summed E-state index contributed by atoms with van der Waals surface area (Å²) >= 11 is 1.25. The van der Waals surface area contributed by atoms with E-state index in [9.17, 15) is 4.79 Å². The number of anilines is 2. The molecule has 0 saturated carbocycles. The van der Waals surface area contributed by atoms with Crippen molar-refractivity contribution < 1.29 is 14.3 Å². The zero-order valence-electron chi connectivity index (χ0n) is 10.5. The molecule has 1 unspecified atom stereocenters. The fourth-order valence-electron chi connectivity index (χ4n) is 2.19. The number of esters is 1. The molecule has 0 spiro atoms. The number of carbonyl (C=O) groups is 1. The van der Waals surface area contributed by atoms with Gasteiger partial charge in [0, 0.05) is 26.1 Å². The van der Waals surface area contributed by atoms with Crippen molar-refractivity contribution in [3.05, 3.63) is 5.56 Å². The van der Waals surface area contributed by atoms with Gasteiger partial charge in [0.25, 0.3) is 0 Å². The minimum Gasteiger partial charge on any atom is -0.465 e. The van der Waals surface area contributed by atoms with Gasteiger partial charge in [0.05, 0.1) is 13.7 Å². The molecular weight excluding hydrogens is 254 g/mol. The molecule has 1 aliphatic rings. The first-order valence-electron chi connectivity index (χ1n) is 5.74. The minimum atomic E-state index is -0.425. The van der Waals surface area contributed by atoms with E-state index < -0.39 is 5.97 Å². The van der Waals surface area contributed by atoms with Gasteiger partial charge in [-0.1, -0.05) is 0 Å². The fourth-order valence-corrected chi connectivity index (χ4v) is 3.03. The normalized spacial score (nSPS) is 19.2. The highest BCUT2D eigenvalue weighted by Gasteiger charge is 2.29. The molecule has 2 N–H and O–H groups in total. The maximum absolute atomic E-state index is 11.7. The third-order valence-corrected chi connectivity index (χ3v) is 3.99. The zero-order valence-corrected chi connectivity index (χ0v) is 11.3. The highest BCUT2D eigenvalue weighted by molar-refractivity contribution is 7.11. The molecule has 1 aromatic heterocycles. The SMILES string of the molecule is COCC1CCN(c2snc(N)c2C(=O)OC)C1. The van der Waals surface area contributed by atoms with E-state index in [4.69, 9.17) is 15.2 Å². The number of nitrogens with two attached hydrogens (primary N) is 1. The van der Waals surface area contributed by atoms with Crippen LogP contribution in [0.3, 0.4) is 0 Å². The summed E-state index contributed by atoms with van der Waals surface area (Å²) in [5, 5.41) is 0.804. The standard InChI is InChI=1S/C11H17N3O3S/c1-16-6-7-3-4-14(5-7)10-8(11(15)17-2)9(12)13-18-10/h7H,3-6H2,1-2H3,(H2,12,13). The predicted molar refractivity (Wildman–Crippen MR) is 70.1 cm³/mol. The number of hydrogen-bond donors (Lipinski definition) is 1. The maximum Gasteiger partial charge on any atom is 0.344 e. The van der Waals surface area contributed by atoms with E-state index >= 15 is 0 Å². The monoisotopic (exact) mass is 271 g/mol. The first-order chi connectivity index (χ1) is 8.67. The summed E-state index contributed by atoms with van der Waals surface area (Å²) in [6.45, 7) is 2.48. The summed E-state index contributed by atoms with van der Waals surface area (Å²) in [4.78, 5) is 13.8. The lowest BCUT2D eigenvalue weighted by molar-refractivity contribution is 0.0603. The van der Waals surface area contributed by atoms with Crippen molar-refractivity contribution in [3.8, 4) is 0 Å². The average molecular weight is 271 g/mol. The van der Waals surface area contributed by atoms with Crippen molar-refractivity contribution in [2.75, 3.05) is 44.5 Å². The summed E-state index contributed by atoms with van der Waals surface area (Å²) in [5.41, 5.74) is 6.12. The lowest BCUT2D eigenvalue weighted by Crippen LogP contribution is -2.22. The number of rotatable bonds is 4. The van der Waals surface area contributed by atoms with Crippen LogP contribution in [0.5, 0.6) is 0 Å². The van der Waals surface area contributed by atoms with E-state index in [0.29, 0.717) is 11.5 Å². The minimum absolute atomic E-state index is 0.247. The van der Waals surface area contributed by atoms with Gasteiger partial charge in [-0.3, -0.25) is 0 Å². The molecule has 1 saturated heterocycles. The Morgan fingerprint density at radius 2 is 2.39 bits per heavy atom. The van der Waals surface area contributed by atoms with Crippen LogP contribution in [-0.2, 0) is 9.47 Å². The smallest absolute Gasteiger partial charge is 0.344 e. The lowest BCUT2D eigenvalue weighted by atomic mass is 10.1. The highest BCUT2D eigenvalue weighted by atomic mass is 32.1. The van der Waals surface area contributed by atoms with Crippen molar-refractivity contribution in [1.29, 1.82) is 0 Å². The van der Waals surface area contributed by atoms with Gasteiger partial charge >= 0.3 is 5.97 Å². The van der Waals surface area contributed by atoms with E-state index in [2.05, 4.69) is 9.27 Å². The summed E-state index contributed by atoms with van der Waals surface area (Å²) in [5.74, 6) is 0.312. The highest BCUT2D eigenvalue weighted by Crippen LogP contribution is 2.34. The quantitative estimate of drug-likeness (QED) is 0.823. The molecule has 7 heteroatoms. The molecule has 100 valence electrons. The number of nitrogen functional groups attached to an aromatic ring is 1. The largest absolute Gasteiger partial charge is 0.465 e. The topological polar surface area (TPSA) is 77.7 Å². The molecule has 6 nitrogen and oxygen atoms in total. The second-order valence-corrected chi connectivity index (χ2v) is 5.05. The van der Waals surface area contributed by atoms with E-state index in [1.807, 2.05) is 0 Å². The molecule has 0 bridgehead atoms. The molecule has 2 rings (SSSR count). The Balaban J connectivity index is 2.17. The molecule has 1 aliphatic heterocycles. The van der Waals surface area contributed by atoms with Gasteiger partial charge in [-0.05, 0) is 18.0 Å². The third kappa shape index (κ3) is 2.41. The van der Waals surface area contributed by atoms with Crippen LogP contribution in [0.25, 0.3) is 0 Å². The third-order valence-electron chi connectivity index (χ3n) is 3.07. The van der Waals surface area contributed by atoms with Crippen LogP contribution in [0.15, 0.2) is 0 Å². The number of carbonyl (C=O) groups excluding carboxylic acids is 1. The summed E-state index contributed by atoms with van der Waals surface area (Å²) in [6, 6.07) is 0. The van der Waals surface area contributed by atoms with Gasteiger partial charge in [-0.2, -0.15) is 4.37 Å². The van der Waals surface area contributed by atoms with Crippen LogP contribution in [0.1, 0.15) is 16.8 Å². The summed E-state index contributed by atoms with van der Waals surface area (Å²) < 4.78 is 14.0. The maximum atomic E-state index is 11.7. The van der Waals surface area contributed by atoms with Crippen molar-refractivity contribution >= 4 is 28.3 Å². The molecule has 0 aliphatic carbocycles. The van der Waals surface area contributed by atoms with Crippen LogP contribution in [-0.4, -0.2) is 44.3 Å². The van der Waals surface area contributed by atoms with E-state index in [1.165, 1.54) is 18.6 Å². The molecule has 0 radical (unpaired) electrons. The van der Waals surface area contributed by atoms with Crippen molar-refractivity contribution in [1.82, 2.24) is 4.37 Å². The number of nitrogens with zero attached hydrogens (tertiary/aromatic N) is 2. The second kappa shape index (κ2) is 5.53. The Hall–Kier alpha value is -1.34. The van der Waals surface area contributed by atoms with Crippen LogP contribution in [0.4, 0.5) is 10.8 Å². The van der Waals surface area contributed by atoms with Crippen LogP contribution < -0.4 is 10.6 Å². The van der Waals surface area contributed by atoms with Gasteiger partial charge in [-0.25, -0.2) is 4.79 Å². The molecular formula is C11H17N3O3S. The van der Waals surface area contributed by atoms with Crippen molar-refractivity contribution in [2.45, 2.75) is 6.42 Å². The first kappa shape index (κ1) is 13.1.